The summed E-state index contributed by atoms with van der Waals surface area (Å²) in [5.41, 5.74) is 3.84. The molecule has 0 aliphatic carbocycles. The van der Waals surface area contributed by atoms with Gasteiger partial charge in [0.15, 0.2) is 11.5 Å². The van der Waals surface area contributed by atoms with E-state index in [1.54, 1.807) is 6.07 Å². The normalized spacial score (nSPS) is 28.4. The lowest BCUT2D eigenvalue weighted by Crippen LogP contribution is -2.55. The van der Waals surface area contributed by atoms with Gasteiger partial charge >= 0.3 is 0 Å². The Kier molecular flexibility index (Phi) is 6.26. The summed E-state index contributed by atoms with van der Waals surface area (Å²) in [6.45, 7) is 2.51. The zero-order chi connectivity index (χ0) is 21.3. The lowest BCUT2D eigenvalue weighted by molar-refractivity contribution is -0.231. The van der Waals surface area contributed by atoms with Crippen LogP contribution in [0.2, 0.25) is 0 Å². The lowest BCUT2D eigenvalue weighted by atomic mass is 9.89. The molecule has 2 aliphatic heterocycles. The molecule has 4 N–H and O–H groups in total. The molecule has 5 unspecified atom stereocenters. The van der Waals surface area contributed by atoms with Crippen molar-refractivity contribution in [1.82, 2.24) is 0 Å². The summed E-state index contributed by atoms with van der Waals surface area (Å²) in [5.74, 6) is 1.21. The summed E-state index contributed by atoms with van der Waals surface area (Å²) in [7, 11) is 0. The SMILES string of the molecule is CCc1ccc(Cc2cc(C3OC(CO)C(O)C(O)C3O)cc3c2OCCO3)cc1. The Bertz CT molecular complexity index is 865. The van der Waals surface area contributed by atoms with E-state index in [0.29, 0.717) is 36.7 Å². The zero-order valence-corrected chi connectivity index (χ0v) is 16.9. The second kappa shape index (κ2) is 8.91. The van der Waals surface area contributed by atoms with Gasteiger partial charge in [-0.25, -0.2) is 0 Å². The fourth-order valence-electron chi connectivity index (χ4n) is 4.04. The van der Waals surface area contributed by atoms with Crippen molar-refractivity contribution in [3.63, 3.8) is 0 Å². The van der Waals surface area contributed by atoms with Crippen molar-refractivity contribution >= 4 is 0 Å². The highest BCUT2D eigenvalue weighted by Gasteiger charge is 2.44. The average molecular weight is 416 g/mol. The molecule has 2 aromatic rings. The van der Waals surface area contributed by atoms with Gasteiger partial charge in [0.1, 0.15) is 43.7 Å². The third kappa shape index (κ3) is 4.04. The van der Waals surface area contributed by atoms with Crippen LogP contribution in [-0.2, 0) is 17.6 Å². The molecule has 0 saturated carbocycles. The number of fused-ring (bicyclic) bond motifs is 1. The minimum Gasteiger partial charge on any atom is -0.486 e. The van der Waals surface area contributed by atoms with Crippen LogP contribution in [0.3, 0.4) is 0 Å². The molecule has 0 radical (unpaired) electrons. The van der Waals surface area contributed by atoms with Crippen LogP contribution < -0.4 is 9.47 Å². The second-order valence-corrected chi connectivity index (χ2v) is 7.80. The highest BCUT2D eigenvalue weighted by atomic mass is 16.6. The van der Waals surface area contributed by atoms with E-state index >= 15 is 0 Å². The van der Waals surface area contributed by atoms with Gasteiger partial charge in [0, 0.05) is 12.0 Å². The molecule has 7 heteroatoms. The van der Waals surface area contributed by atoms with Crippen LogP contribution in [0.4, 0.5) is 0 Å². The van der Waals surface area contributed by atoms with E-state index in [9.17, 15) is 20.4 Å². The molecule has 0 aromatic heterocycles. The molecular weight excluding hydrogens is 388 g/mol. The highest BCUT2D eigenvalue weighted by Crippen LogP contribution is 2.41. The quantitative estimate of drug-likeness (QED) is 0.579. The Hall–Kier alpha value is -2.16. The first-order valence-electron chi connectivity index (χ1n) is 10.3. The van der Waals surface area contributed by atoms with E-state index in [4.69, 9.17) is 14.2 Å². The Morgan fingerprint density at radius 2 is 1.60 bits per heavy atom. The van der Waals surface area contributed by atoms with Gasteiger partial charge in [-0.3, -0.25) is 0 Å². The fourth-order valence-corrected chi connectivity index (χ4v) is 4.04. The topological polar surface area (TPSA) is 109 Å². The van der Waals surface area contributed by atoms with Crippen molar-refractivity contribution in [2.24, 2.45) is 0 Å². The maximum absolute atomic E-state index is 10.5. The standard InChI is InChI=1S/C23H28O7/c1-2-13-3-5-14(6-4-13)9-15-10-16(11-17-22(15)29-8-7-28-17)23-21(27)20(26)19(25)18(12-24)30-23/h3-6,10-11,18-21,23-27H,2,7-9,12H2,1H3. The minimum absolute atomic E-state index is 0.412. The monoisotopic (exact) mass is 416 g/mol. The van der Waals surface area contributed by atoms with Gasteiger partial charge in [-0.1, -0.05) is 31.2 Å². The van der Waals surface area contributed by atoms with Gasteiger partial charge < -0.3 is 34.6 Å². The zero-order valence-electron chi connectivity index (χ0n) is 16.9. The van der Waals surface area contributed by atoms with Crippen LogP contribution in [0.1, 0.15) is 35.3 Å². The molecule has 4 rings (SSSR count). The van der Waals surface area contributed by atoms with E-state index in [2.05, 4.69) is 31.2 Å². The number of aliphatic hydroxyl groups excluding tert-OH is 4. The number of hydrogen-bond acceptors (Lipinski definition) is 7. The summed E-state index contributed by atoms with van der Waals surface area (Å²) in [6.07, 6.45) is -4.49. The summed E-state index contributed by atoms with van der Waals surface area (Å²) in [6, 6.07) is 11.9. The molecule has 0 amide bonds. The van der Waals surface area contributed by atoms with Gasteiger partial charge in [0.2, 0.25) is 0 Å². The Morgan fingerprint density at radius 1 is 0.900 bits per heavy atom. The van der Waals surface area contributed by atoms with Gasteiger partial charge in [0.05, 0.1) is 6.61 Å². The first kappa shape index (κ1) is 21.1. The number of aryl methyl sites for hydroxylation is 1. The third-order valence-corrected chi connectivity index (χ3v) is 5.79. The van der Waals surface area contributed by atoms with Crippen LogP contribution >= 0.6 is 0 Å². The van der Waals surface area contributed by atoms with Gasteiger partial charge in [0.25, 0.3) is 0 Å². The van der Waals surface area contributed by atoms with Crippen molar-refractivity contribution in [1.29, 1.82) is 0 Å². The lowest BCUT2D eigenvalue weighted by Gasteiger charge is -2.40. The molecule has 0 spiro atoms. The number of aliphatic hydroxyl groups is 4. The van der Waals surface area contributed by atoms with E-state index in [-0.39, 0.29) is 0 Å². The minimum atomic E-state index is -1.43. The van der Waals surface area contributed by atoms with Crippen molar-refractivity contribution in [3.8, 4) is 11.5 Å². The van der Waals surface area contributed by atoms with Crippen LogP contribution in [0.5, 0.6) is 11.5 Å². The fraction of sp³-hybridized carbons (Fsp3) is 0.478. The Labute approximate surface area is 175 Å². The highest BCUT2D eigenvalue weighted by molar-refractivity contribution is 5.52. The first-order chi connectivity index (χ1) is 14.5. The molecule has 162 valence electrons. The molecule has 7 nitrogen and oxygen atoms in total. The summed E-state index contributed by atoms with van der Waals surface area (Å²) < 4.78 is 17.4. The molecule has 5 atom stereocenters. The van der Waals surface area contributed by atoms with E-state index < -0.39 is 37.1 Å². The van der Waals surface area contributed by atoms with Crippen LogP contribution in [0.15, 0.2) is 36.4 Å². The first-order valence-corrected chi connectivity index (χ1v) is 10.3. The van der Waals surface area contributed by atoms with Crippen LogP contribution in [-0.4, -0.2) is 64.7 Å². The van der Waals surface area contributed by atoms with Crippen molar-refractivity contribution in [2.75, 3.05) is 19.8 Å². The number of ether oxygens (including phenoxy) is 3. The summed E-state index contributed by atoms with van der Waals surface area (Å²) >= 11 is 0. The molecule has 0 bridgehead atoms. The van der Waals surface area contributed by atoms with E-state index in [0.717, 1.165) is 17.5 Å². The second-order valence-electron chi connectivity index (χ2n) is 7.80. The van der Waals surface area contributed by atoms with Gasteiger partial charge in [-0.05, 0) is 35.2 Å². The Balaban J connectivity index is 1.69. The summed E-state index contributed by atoms with van der Waals surface area (Å²) in [4.78, 5) is 0. The maximum Gasteiger partial charge on any atom is 0.164 e. The smallest absolute Gasteiger partial charge is 0.164 e. The molecule has 1 saturated heterocycles. The third-order valence-electron chi connectivity index (χ3n) is 5.79. The number of hydrogen-bond donors (Lipinski definition) is 4. The maximum atomic E-state index is 10.5. The molecular formula is C23H28O7. The van der Waals surface area contributed by atoms with Crippen LogP contribution in [0.25, 0.3) is 0 Å². The van der Waals surface area contributed by atoms with Crippen molar-refractivity contribution < 1.29 is 34.6 Å². The largest absolute Gasteiger partial charge is 0.486 e. The predicted octanol–water partition coefficient (Wildman–Crippen LogP) is 1.13. The van der Waals surface area contributed by atoms with Gasteiger partial charge in [-0.2, -0.15) is 0 Å². The average Bonchev–Trinajstić information content (AvgIpc) is 2.78. The predicted molar refractivity (Wildman–Crippen MR) is 109 cm³/mol. The molecule has 1 fully saturated rings. The van der Waals surface area contributed by atoms with Crippen molar-refractivity contribution in [2.45, 2.75) is 50.3 Å². The molecule has 2 heterocycles. The number of rotatable bonds is 5. The summed E-state index contributed by atoms with van der Waals surface area (Å²) in [5, 5.41) is 40.3. The molecule has 30 heavy (non-hydrogen) atoms. The van der Waals surface area contributed by atoms with Crippen LogP contribution in [0, 0.1) is 0 Å². The van der Waals surface area contributed by atoms with E-state index in [1.807, 2.05) is 6.07 Å². The number of benzene rings is 2. The van der Waals surface area contributed by atoms with E-state index in [1.165, 1.54) is 5.56 Å². The van der Waals surface area contributed by atoms with Crippen molar-refractivity contribution in [3.05, 3.63) is 58.7 Å². The Morgan fingerprint density at radius 3 is 2.30 bits per heavy atom. The molecule has 2 aliphatic rings. The van der Waals surface area contributed by atoms with Gasteiger partial charge in [-0.15, -0.1) is 0 Å². The molecule has 2 aromatic carbocycles.